The van der Waals surface area contributed by atoms with E-state index >= 15 is 0 Å². The standard InChI is InChI=1S/C17H18N4OS/c1-4-9-20-14-7-5-6-8-15(14)23-17(20)18-16(22)11-21-13(3)10-12(2)19-21/h4-8,10H,1,9,11H2,2-3H3. The molecule has 118 valence electrons. The van der Waals surface area contributed by atoms with Gasteiger partial charge in [-0.05, 0) is 32.0 Å². The summed E-state index contributed by atoms with van der Waals surface area (Å²) in [4.78, 5) is 17.3. The zero-order valence-electron chi connectivity index (χ0n) is 13.2. The molecule has 6 heteroatoms. The van der Waals surface area contributed by atoms with E-state index in [1.165, 1.54) is 11.3 Å². The van der Waals surface area contributed by atoms with Gasteiger partial charge < -0.3 is 4.57 Å². The largest absolute Gasteiger partial charge is 0.313 e. The Morgan fingerprint density at radius 2 is 2.17 bits per heavy atom. The highest BCUT2D eigenvalue weighted by Gasteiger charge is 2.09. The first-order valence-electron chi connectivity index (χ1n) is 7.36. The Morgan fingerprint density at radius 1 is 1.39 bits per heavy atom. The lowest BCUT2D eigenvalue weighted by molar-refractivity contribution is -0.118. The van der Waals surface area contributed by atoms with Crippen LogP contribution in [-0.2, 0) is 17.9 Å². The molecule has 5 nitrogen and oxygen atoms in total. The molecule has 23 heavy (non-hydrogen) atoms. The number of allylic oxidation sites excluding steroid dienone is 1. The van der Waals surface area contributed by atoms with E-state index in [0.717, 1.165) is 21.6 Å². The highest BCUT2D eigenvalue weighted by atomic mass is 32.1. The fourth-order valence-electron chi connectivity index (χ4n) is 2.52. The molecule has 0 saturated heterocycles. The van der Waals surface area contributed by atoms with Crippen molar-refractivity contribution in [1.29, 1.82) is 0 Å². The second kappa shape index (κ2) is 6.34. The molecule has 1 aromatic carbocycles. The lowest BCUT2D eigenvalue weighted by atomic mass is 10.3. The average Bonchev–Trinajstić information content (AvgIpc) is 3.00. The molecule has 2 aromatic heterocycles. The maximum absolute atomic E-state index is 12.3. The van der Waals surface area contributed by atoms with E-state index in [-0.39, 0.29) is 12.5 Å². The van der Waals surface area contributed by atoms with Gasteiger partial charge in [-0.25, -0.2) is 0 Å². The summed E-state index contributed by atoms with van der Waals surface area (Å²) in [6.45, 7) is 8.41. The molecule has 3 aromatic rings. The van der Waals surface area contributed by atoms with Gasteiger partial charge >= 0.3 is 0 Å². The van der Waals surface area contributed by atoms with Crippen molar-refractivity contribution < 1.29 is 4.79 Å². The monoisotopic (exact) mass is 326 g/mol. The molecule has 0 spiro atoms. The molecule has 0 atom stereocenters. The SMILES string of the molecule is C=CCn1c(=NC(=O)Cn2nc(C)cc2C)sc2ccccc21. The van der Waals surface area contributed by atoms with Crippen LogP contribution in [0.4, 0.5) is 0 Å². The Balaban J connectivity index is 1.99. The molecular formula is C17H18N4OS. The van der Waals surface area contributed by atoms with Crippen LogP contribution in [0.3, 0.4) is 0 Å². The van der Waals surface area contributed by atoms with Crippen molar-refractivity contribution in [1.82, 2.24) is 14.3 Å². The molecule has 0 aliphatic heterocycles. The molecular weight excluding hydrogens is 308 g/mol. The summed E-state index contributed by atoms with van der Waals surface area (Å²) in [7, 11) is 0. The molecule has 0 aliphatic carbocycles. The Kier molecular flexibility index (Phi) is 4.25. The van der Waals surface area contributed by atoms with Crippen molar-refractivity contribution in [3.63, 3.8) is 0 Å². The number of nitrogens with zero attached hydrogens (tertiary/aromatic N) is 4. The lowest BCUT2D eigenvalue weighted by Gasteiger charge is -2.01. The van der Waals surface area contributed by atoms with E-state index in [9.17, 15) is 4.79 Å². The number of fused-ring (bicyclic) bond motifs is 1. The molecule has 0 unspecified atom stereocenters. The predicted octanol–water partition coefficient (Wildman–Crippen LogP) is 2.83. The first-order valence-corrected chi connectivity index (χ1v) is 8.18. The van der Waals surface area contributed by atoms with Crippen LogP contribution in [0.5, 0.6) is 0 Å². The number of amides is 1. The summed E-state index contributed by atoms with van der Waals surface area (Å²) < 4.78 is 4.80. The minimum Gasteiger partial charge on any atom is -0.313 e. The summed E-state index contributed by atoms with van der Waals surface area (Å²) in [5, 5.41) is 4.31. The normalized spacial score (nSPS) is 12.0. The van der Waals surface area contributed by atoms with Gasteiger partial charge in [0, 0.05) is 12.2 Å². The quantitative estimate of drug-likeness (QED) is 0.692. The summed E-state index contributed by atoms with van der Waals surface area (Å²) in [5.74, 6) is -0.208. The Morgan fingerprint density at radius 3 is 2.87 bits per heavy atom. The van der Waals surface area contributed by atoms with Crippen molar-refractivity contribution in [3.8, 4) is 0 Å². The van der Waals surface area contributed by atoms with Crippen molar-refractivity contribution in [2.24, 2.45) is 4.99 Å². The number of hydrogen-bond donors (Lipinski definition) is 0. The van der Waals surface area contributed by atoms with Crippen LogP contribution >= 0.6 is 11.3 Å². The maximum Gasteiger partial charge on any atom is 0.270 e. The average molecular weight is 326 g/mol. The maximum atomic E-state index is 12.3. The van der Waals surface area contributed by atoms with Gasteiger partial charge in [0.25, 0.3) is 5.91 Å². The number of carbonyl (C=O) groups excluding carboxylic acids is 1. The van der Waals surface area contributed by atoms with Gasteiger partial charge in [-0.1, -0.05) is 29.5 Å². The molecule has 3 rings (SSSR count). The number of carbonyl (C=O) groups is 1. The zero-order chi connectivity index (χ0) is 16.4. The first-order chi connectivity index (χ1) is 11.1. The summed E-state index contributed by atoms with van der Waals surface area (Å²) in [5.41, 5.74) is 2.93. The van der Waals surface area contributed by atoms with Crippen LogP contribution in [0.2, 0.25) is 0 Å². The van der Waals surface area contributed by atoms with Crippen LogP contribution in [0.15, 0.2) is 48.0 Å². The smallest absolute Gasteiger partial charge is 0.270 e. The Bertz CT molecular complexity index is 945. The number of rotatable bonds is 4. The molecule has 2 heterocycles. The van der Waals surface area contributed by atoms with Crippen LogP contribution in [0.1, 0.15) is 11.4 Å². The lowest BCUT2D eigenvalue weighted by Crippen LogP contribution is -2.19. The van der Waals surface area contributed by atoms with E-state index in [0.29, 0.717) is 11.3 Å². The third kappa shape index (κ3) is 3.17. The third-order valence-electron chi connectivity index (χ3n) is 3.51. The van der Waals surface area contributed by atoms with Crippen molar-refractivity contribution in [2.45, 2.75) is 26.9 Å². The zero-order valence-corrected chi connectivity index (χ0v) is 14.0. The highest BCUT2D eigenvalue weighted by molar-refractivity contribution is 7.16. The second-order valence-corrected chi connectivity index (χ2v) is 6.35. The fourth-order valence-corrected chi connectivity index (χ4v) is 3.57. The highest BCUT2D eigenvalue weighted by Crippen LogP contribution is 2.16. The molecule has 0 N–H and O–H groups in total. The van der Waals surface area contributed by atoms with Crippen LogP contribution in [-0.4, -0.2) is 20.3 Å². The van der Waals surface area contributed by atoms with Crippen LogP contribution < -0.4 is 4.80 Å². The fraction of sp³-hybridized carbons (Fsp3) is 0.235. The van der Waals surface area contributed by atoms with Gasteiger partial charge in [0.1, 0.15) is 6.54 Å². The molecule has 0 radical (unpaired) electrons. The van der Waals surface area contributed by atoms with E-state index in [2.05, 4.69) is 16.7 Å². The molecule has 0 saturated carbocycles. The molecule has 0 aliphatic rings. The van der Waals surface area contributed by atoms with Crippen molar-refractivity contribution in [2.75, 3.05) is 0 Å². The number of thiazole rings is 1. The molecule has 0 bridgehead atoms. The van der Waals surface area contributed by atoms with E-state index in [1.807, 2.05) is 54.8 Å². The minimum absolute atomic E-state index is 0.155. The third-order valence-corrected chi connectivity index (χ3v) is 4.57. The minimum atomic E-state index is -0.208. The van der Waals surface area contributed by atoms with Gasteiger partial charge in [-0.3, -0.25) is 9.48 Å². The Labute approximate surface area is 138 Å². The summed E-state index contributed by atoms with van der Waals surface area (Å²) >= 11 is 1.51. The van der Waals surface area contributed by atoms with Crippen molar-refractivity contribution >= 4 is 27.5 Å². The van der Waals surface area contributed by atoms with E-state index in [1.54, 1.807) is 4.68 Å². The van der Waals surface area contributed by atoms with E-state index < -0.39 is 0 Å². The predicted molar refractivity (Wildman–Crippen MR) is 92.3 cm³/mol. The van der Waals surface area contributed by atoms with Gasteiger partial charge in [-0.15, -0.1) is 6.58 Å². The van der Waals surface area contributed by atoms with Crippen LogP contribution in [0, 0.1) is 13.8 Å². The van der Waals surface area contributed by atoms with Gasteiger partial charge in [-0.2, -0.15) is 10.1 Å². The summed E-state index contributed by atoms with van der Waals surface area (Å²) in [6, 6.07) is 9.98. The molecule has 1 amide bonds. The number of hydrogen-bond acceptors (Lipinski definition) is 3. The Hall–Kier alpha value is -2.47. The second-order valence-electron chi connectivity index (χ2n) is 5.34. The van der Waals surface area contributed by atoms with Crippen LogP contribution in [0.25, 0.3) is 10.2 Å². The molecule has 0 fully saturated rings. The van der Waals surface area contributed by atoms with E-state index in [4.69, 9.17) is 0 Å². The summed E-state index contributed by atoms with van der Waals surface area (Å²) in [6.07, 6.45) is 1.81. The number of para-hydroxylation sites is 1. The van der Waals surface area contributed by atoms with Gasteiger partial charge in [0.15, 0.2) is 4.80 Å². The first kappa shape index (κ1) is 15.4. The number of aryl methyl sites for hydroxylation is 2. The van der Waals surface area contributed by atoms with Gasteiger partial charge in [0.2, 0.25) is 0 Å². The van der Waals surface area contributed by atoms with Crippen molar-refractivity contribution in [3.05, 3.63) is 59.2 Å². The number of aromatic nitrogens is 3. The van der Waals surface area contributed by atoms with Gasteiger partial charge in [0.05, 0.1) is 15.9 Å². The topological polar surface area (TPSA) is 52.2 Å². The number of benzene rings is 1.